The van der Waals surface area contributed by atoms with Crippen LogP contribution in [0.2, 0.25) is 0 Å². The van der Waals surface area contributed by atoms with Gasteiger partial charge in [0.05, 0.1) is 18.6 Å². The van der Waals surface area contributed by atoms with Crippen LogP contribution in [-0.2, 0) is 9.53 Å². The number of morpholine rings is 1. The molecule has 6 nitrogen and oxygen atoms in total. The maximum Gasteiger partial charge on any atom is 0.317 e. The Labute approximate surface area is 113 Å². The topological polar surface area (TPSA) is 78.9 Å². The maximum atomic E-state index is 12.1. The lowest BCUT2D eigenvalue weighted by molar-refractivity contribution is -0.141. The van der Waals surface area contributed by atoms with Gasteiger partial charge in [0.25, 0.3) is 0 Å². The Kier molecular flexibility index (Phi) is 4.63. The molecule has 0 aromatic rings. The van der Waals surface area contributed by atoms with E-state index in [9.17, 15) is 9.59 Å². The molecule has 0 bridgehead atoms. The molecular weight excluding hydrogens is 248 g/mol. The van der Waals surface area contributed by atoms with Gasteiger partial charge in [-0.05, 0) is 25.7 Å². The third kappa shape index (κ3) is 3.59. The molecule has 108 valence electrons. The molecule has 2 fully saturated rings. The number of carbonyl (C=O) groups is 2. The lowest BCUT2D eigenvalue weighted by Gasteiger charge is -2.33. The van der Waals surface area contributed by atoms with Crippen LogP contribution in [0.4, 0.5) is 4.79 Å². The number of urea groups is 1. The zero-order valence-electron chi connectivity index (χ0n) is 11.3. The maximum absolute atomic E-state index is 12.1. The first-order chi connectivity index (χ1) is 9.10. The number of hydrogen-bond donors (Lipinski definition) is 2. The van der Waals surface area contributed by atoms with E-state index >= 15 is 0 Å². The van der Waals surface area contributed by atoms with Gasteiger partial charge in [0.15, 0.2) is 0 Å². The molecule has 0 aromatic heterocycles. The second-order valence-electron chi connectivity index (χ2n) is 5.34. The van der Waals surface area contributed by atoms with E-state index in [-0.39, 0.29) is 24.1 Å². The minimum Gasteiger partial charge on any atom is -0.481 e. The number of hydrogen-bond acceptors (Lipinski definition) is 3. The smallest absolute Gasteiger partial charge is 0.317 e. The van der Waals surface area contributed by atoms with Crippen LogP contribution in [0.1, 0.15) is 32.6 Å². The summed E-state index contributed by atoms with van der Waals surface area (Å²) in [7, 11) is 0. The van der Waals surface area contributed by atoms with Crippen molar-refractivity contribution in [2.45, 2.75) is 44.8 Å². The van der Waals surface area contributed by atoms with Gasteiger partial charge in [0, 0.05) is 19.1 Å². The van der Waals surface area contributed by atoms with Crippen LogP contribution in [-0.4, -0.2) is 53.8 Å². The van der Waals surface area contributed by atoms with Crippen molar-refractivity contribution in [1.82, 2.24) is 10.2 Å². The van der Waals surface area contributed by atoms with Crippen molar-refractivity contribution in [2.24, 2.45) is 5.92 Å². The molecule has 0 aromatic carbocycles. The summed E-state index contributed by atoms with van der Waals surface area (Å²) in [5, 5.41) is 11.9. The van der Waals surface area contributed by atoms with Crippen molar-refractivity contribution in [3.8, 4) is 0 Å². The molecule has 6 heteroatoms. The molecule has 2 amide bonds. The fraction of sp³-hybridized carbons (Fsp3) is 0.846. The van der Waals surface area contributed by atoms with Crippen LogP contribution in [0.15, 0.2) is 0 Å². The van der Waals surface area contributed by atoms with E-state index in [1.54, 1.807) is 4.90 Å². The summed E-state index contributed by atoms with van der Waals surface area (Å²) in [6.45, 7) is 3.85. The van der Waals surface area contributed by atoms with Crippen LogP contribution in [0.5, 0.6) is 0 Å². The van der Waals surface area contributed by atoms with Crippen molar-refractivity contribution in [3.05, 3.63) is 0 Å². The zero-order chi connectivity index (χ0) is 13.8. The monoisotopic (exact) mass is 270 g/mol. The van der Waals surface area contributed by atoms with E-state index in [4.69, 9.17) is 9.84 Å². The highest BCUT2D eigenvalue weighted by atomic mass is 16.5. The number of ether oxygens (including phenoxy) is 1. The van der Waals surface area contributed by atoms with Crippen molar-refractivity contribution in [3.63, 3.8) is 0 Å². The third-order valence-corrected chi connectivity index (χ3v) is 3.99. The normalized spacial score (nSPS) is 31.2. The minimum atomic E-state index is -0.755. The van der Waals surface area contributed by atoms with Gasteiger partial charge in [0.2, 0.25) is 0 Å². The van der Waals surface area contributed by atoms with Gasteiger partial charge < -0.3 is 20.1 Å². The van der Waals surface area contributed by atoms with E-state index in [1.807, 2.05) is 6.92 Å². The Morgan fingerprint density at radius 1 is 1.42 bits per heavy atom. The van der Waals surface area contributed by atoms with Crippen LogP contribution in [0.25, 0.3) is 0 Å². The van der Waals surface area contributed by atoms with E-state index in [0.717, 1.165) is 12.8 Å². The van der Waals surface area contributed by atoms with E-state index in [0.29, 0.717) is 32.5 Å². The SMILES string of the molecule is CCC1CN(C(=O)NC2CCC(C(=O)O)C2)CCO1. The first-order valence-corrected chi connectivity index (χ1v) is 7.00. The highest BCUT2D eigenvalue weighted by molar-refractivity contribution is 5.75. The predicted octanol–water partition coefficient (Wildman–Crippen LogP) is 1.06. The molecule has 1 aliphatic carbocycles. The first-order valence-electron chi connectivity index (χ1n) is 7.00. The second kappa shape index (κ2) is 6.23. The quantitative estimate of drug-likeness (QED) is 0.803. The molecule has 1 saturated heterocycles. The third-order valence-electron chi connectivity index (χ3n) is 3.99. The number of aliphatic carboxylic acids is 1. The number of carbonyl (C=O) groups excluding carboxylic acids is 1. The summed E-state index contributed by atoms with van der Waals surface area (Å²) in [5.41, 5.74) is 0. The van der Waals surface area contributed by atoms with Gasteiger partial charge in [-0.15, -0.1) is 0 Å². The highest BCUT2D eigenvalue weighted by Gasteiger charge is 2.32. The van der Waals surface area contributed by atoms with Gasteiger partial charge >= 0.3 is 12.0 Å². The fourth-order valence-corrected chi connectivity index (χ4v) is 2.75. The Morgan fingerprint density at radius 3 is 2.84 bits per heavy atom. The number of rotatable bonds is 3. The molecule has 3 unspecified atom stereocenters. The Morgan fingerprint density at radius 2 is 2.21 bits per heavy atom. The lowest BCUT2D eigenvalue weighted by atomic mass is 10.1. The van der Waals surface area contributed by atoms with Gasteiger partial charge in [-0.25, -0.2) is 4.79 Å². The van der Waals surface area contributed by atoms with Crippen molar-refractivity contribution < 1.29 is 19.4 Å². The van der Waals surface area contributed by atoms with Crippen LogP contribution in [0.3, 0.4) is 0 Å². The Balaban J connectivity index is 1.79. The molecule has 0 radical (unpaired) electrons. The number of amides is 2. The fourth-order valence-electron chi connectivity index (χ4n) is 2.75. The Hall–Kier alpha value is -1.30. The molecule has 1 heterocycles. The number of carboxylic acids is 1. The first kappa shape index (κ1) is 14.1. The summed E-state index contributed by atoms with van der Waals surface area (Å²) in [6.07, 6.45) is 2.97. The lowest BCUT2D eigenvalue weighted by Crippen LogP contribution is -2.51. The largest absolute Gasteiger partial charge is 0.481 e. The van der Waals surface area contributed by atoms with Crippen LogP contribution < -0.4 is 5.32 Å². The second-order valence-corrected chi connectivity index (χ2v) is 5.34. The van der Waals surface area contributed by atoms with Gasteiger partial charge in [-0.2, -0.15) is 0 Å². The van der Waals surface area contributed by atoms with Crippen LogP contribution in [0, 0.1) is 5.92 Å². The summed E-state index contributed by atoms with van der Waals surface area (Å²) in [4.78, 5) is 24.8. The van der Waals surface area contributed by atoms with E-state index < -0.39 is 5.97 Å². The molecule has 2 rings (SSSR count). The van der Waals surface area contributed by atoms with E-state index in [2.05, 4.69) is 5.32 Å². The molecule has 1 aliphatic heterocycles. The summed E-state index contributed by atoms with van der Waals surface area (Å²) in [6, 6.07) is -0.0886. The molecule has 2 N–H and O–H groups in total. The van der Waals surface area contributed by atoms with Gasteiger partial charge in [-0.3, -0.25) is 4.79 Å². The molecular formula is C13H22N2O4. The highest BCUT2D eigenvalue weighted by Crippen LogP contribution is 2.25. The summed E-state index contributed by atoms with van der Waals surface area (Å²) >= 11 is 0. The zero-order valence-corrected chi connectivity index (χ0v) is 11.3. The molecule has 19 heavy (non-hydrogen) atoms. The average Bonchev–Trinajstić information content (AvgIpc) is 2.87. The minimum absolute atomic E-state index is 0.00322. The standard InChI is InChI=1S/C13H22N2O4/c1-2-11-8-15(5-6-19-11)13(18)14-10-4-3-9(7-10)12(16)17/h9-11H,2-8H2,1H3,(H,14,18)(H,16,17). The van der Waals surface area contributed by atoms with Gasteiger partial charge in [0.1, 0.15) is 0 Å². The summed E-state index contributed by atoms with van der Waals surface area (Å²) < 4.78 is 5.53. The Bertz CT molecular complexity index is 348. The number of nitrogens with zero attached hydrogens (tertiary/aromatic N) is 1. The van der Waals surface area contributed by atoms with E-state index in [1.165, 1.54) is 0 Å². The molecule has 1 saturated carbocycles. The van der Waals surface area contributed by atoms with Crippen molar-refractivity contribution in [1.29, 1.82) is 0 Å². The van der Waals surface area contributed by atoms with Crippen LogP contribution >= 0.6 is 0 Å². The number of carboxylic acid groups (broad SMARTS) is 1. The van der Waals surface area contributed by atoms with Crippen molar-refractivity contribution >= 4 is 12.0 Å². The average molecular weight is 270 g/mol. The molecule has 2 aliphatic rings. The predicted molar refractivity (Wildman–Crippen MR) is 68.9 cm³/mol. The molecule has 0 spiro atoms. The van der Waals surface area contributed by atoms with Crippen molar-refractivity contribution in [2.75, 3.05) is 19.7 Å². The number of nitrogens with one attached hydrogen (secondary N) is 1. The summed E-state index contributed by atoms with van der Waals surface area (Å²) in [5.74, 6) is -1.06. The molecule has 3 atom stereocenters. The van der Waals surface area contributed by atoms with Gasteiger partial charge in [-0.1, -0.05) is 6.92 Å².